The predicted octanol–water partition coefficient (Wildman–Crippen LogP) is 6.61. The van der Waals surface area contributed by atoms with Crippen molar-refractivity contribution in [1.82, 2.24) is 10.3 Å². The monoisotopic (exact) mass is 443 g/mol. The third kappa shape index (κ3) is 7.72. The van der Waals surface area contributed by atoms with E-state index in [-0.39, 0.29) is 12.1 Å². The lowest BCUT2D eigenvalue weighted by atomic mass is 10.0. The van der Waals surface area contributed by atoms with Crippen LogP contribution in [-0.4, -0.2) is 35.8 Å². The van der Waals surface area contributed by atoms with Gasteiger partial charge in [-0.3, -0.25) is 0 Å². The average molecular weight is 444 g/mol. The van der Waals surface area contributed by atoms with Gasteiger partial charge in [0.25, 0.3) is 6.01 Å². The van der Waals surface area contributed by atoms with Crippen molar-refractivity contribution in [1.29, 1.82) is 0 Å². The lowest BCUT2D eigenvalue weighted by Crippen LogP contribution is -2.40. The molecule has 1 aliphatic rings. The van der Waals surface area contributed by atoms with E-state index in [0.29, 0.717) is 12.6 Å². The number of nitrogens with zero attached hydrogens (tertiary/aromatic N) is 2. The van der Waals surface area contributed by atoms with Crippen molar-refractivity contribution >= 4 is 23.2 Å². The molecule has 0 radical (unpaired) electrons. The van der Waals surface area contributed by atoms with E-state index >= 15 is 0 Å². The van der Waals surface area contributed by atoms with Gasteiger partial charge in [-0.15, -0.1) is 0 Å². The van der Waals surface area contributed by atoms with E-state index in [1.807, 2.05) is 20.8 Å². The van der Waals surface area contributed by atoms with E-state index in [4.69, 9.17) is 9.15 Å². The molecule has 2 aromatic rings. The van der Waals surface area contributed by atoms with Crippen molar-refractivity contribution in [2.75, 3.05) is 18.0 Å². The zero-order valence-electron chi connectivity index (χ0n) is 20.4. The molecule has 32 heavy (non-hydrogen) atoms. The van der Waals surface area contributed by atoms with Crippen LogP contribution in [0.5, 0.6) is 0 Å². The number of unbranched alkanes of at least 4 members (excludes halogenated alkanes) is 7. The van der Waals surface area contributed by atoms with E-state index in [1.54, 1.807) is 0 Å². The molecule has 1 aromatic carbocycles. The third-order valence-electron chi connectivity index (χ3n) is 5.94. The number of amides is 1. The van der Waals surface area contributed by atoms with Gasteiger partial charge < -0.3 is 19.4 Å². The number of aryl methyl sites for hydroxylation is 1. The van der Waals surface area contributed by atoms with Crippen molar-refractivity contribution in [3.8, 4) is 0 Å². The summed E-state index contributed by atoms with van der Waals surface area (Å²) in [6.07, 6.45) is 12.2. The van der Waals surface area contributed by atoms with Gasteiger partial charge in [0.1, 0.15) is 11.1 Å². The fraction of sp³-hybridized carbons (Fsp3) is 0.692. The Hall–Kier alpha value is -2.24. The number of aromatic nitrogens is 1. The number of carbonyl (C=O) groups is 1. The zero-order valence-corrected chi connectivity index (χ0v) is 20.4. The molecular weight excluding hydrogens is 402 g/mol. The van der Waals surface area contributed by atoms with Gasteiger partial charge in [0.05, 0.1) is 6.04 Å². The summed E-state index contributed by atoms with van der Waals surface area (Å²) in [6.45, 7) is 9.36. The van der Waals surface area contributed by atoms with Crippen molar-refractivity contribution in [3.05, 3.63) is 23.8 Å². The molecular formula is C26H41N3O3. The van der Waals surface area contributed by atoms with Crippen LogP contribution in [0.1, 0.15) is 91.0 Å². The Kier molecular flexibility index (Phi) is 8.83. The van der Waals surface area contributed by atoms with Gasteiger partial charge in [-0.05, 0) is 57.7 Å². The summed E-state index contributed by atoms with van der Waals surface area (Å²) in [5.41, 5.74) is 2.57. The van der Waals surface area contributed by atoms with E-state index in [2.05, 4.69) is 40.3 Å². The van der Waals surface area contributed by atoms with Crippen LogP contribution in [0.2, 0.25) is 0 Å². The van der Waals surface area contributed by atoms with Crippen LogP contribution in [0.4, 0.5) is 10.8 Å². The molecule has 6 heteroatoms. The van der Waals surface area contributed by atoms with Crippen LogP contribution in [0.3, 0.4) is 0 Å². The number of nitrogens with one attached hydrogen (secondary N) is 1. The van der Waals surface area contributed by atoms with E-state index in [1.165, 1.54) is 56.9 Å². The first-order valence-electron chi connectivity index (χ1n) is 12.5. The summed E-state index contributed by atoms with van der Waals surface area (Å²) in [7, 11) is 0. The number of alkyl carbamates (subject to hydrolysis) is 1. The number of fused-ring (bicyclic) bond motifs is 1. The number of hydrogen-bond donors (Lipinski definition) is 1. The molecule has 0 unspecified atom stereocenters. The quantitative estimate of drug-likeness (QED) is 0.396. The number of anilines is 1. The minimum absolute atomic E-state index is 0.0393. The Bertz CT molecular complexity index is 856. The van der Waals surface area contributed by atoms with Gasteiger partial charge in [0.15, 0.2) is 5.58 Å². The lowest BCUT2D eigenvalue weighted by molar-refractivity contribution is 0.0509. The fourth-order valence-electron chi connectivity index (χ4n) is 4.24. The molecule has 1 fully saturated rings. The second-order valence-corrected chi connectivity index (χ2v) is 10.1. The van der Waals surface area contributed by atoms with E-state index in [9.17, 15) is 4.79 Å². The van der Waals surface area contributed by atoms with Crippen molar-refractivity contribution in [2.45, 2.75) is 104 Å². The van der Waals surface area contributed by atoms with Crippen molar-refractivity contribution in [3.63, 3.8) is 0 Å². The highest BCUT2D eigenvalue weighted by atomic mass is 16.6. The maximum Gasteiger partial charge on any atom is 0.407 e. The van der Waals surface area contributed by atoms with Crippen LogP contribution in [0.15, 0.2) is 22.6 Å². The second-order valence-electron chi connectivity index (χ2n) is 10.1. The Morgan fingerprint density at radius 3 is 2.59 bits per heavy atom. The number of carbonyl (C=O) groups excluding carboxylic acids is 1. The molecule has 1 saturated heterocycles. The van der Waals surface area contributed by atoms with Crippen LogP contribution in [0, 0.1) is 0 Å². The highest BCUT2D eigenvalue weighted by Crippen LogP contribution is 2.26. The normalized spacial score (nSPS) is 16.6. The second kappa shape index (κ2) is 11.6. The zero-order chi connectivity index (χ0) is 23.0. The van der Waals surface area contributed by atoms with Crippen LogP contribution < -0.4 is 10.2 Å². The van der Waals surface area contributed by atoms with Gasteiger partial charge in [-0.25, -0.2) is 4.79 Å². The highest BCUT2D eigenvalue weighted by molar-refractivity contribution is 5.75. The standard InChI is InChI=1S/C26H41N3O3/c1-5-6-7-8-9-10-11-12-13-20-14-15-22-23(18-20)31-24(28-22)29-17-16-21(19-29)27-25(30)32-26(2,3)4/h14-15,18,21H,5-13,16-17,19H2,1-4H3,(H,27,30)/t21-/m0/s1. The minimum Gasteiger partial charge on any atom is -0.444 e. The SMILES string of the molecule is CCCCCCCCCCc1ccc2nc(N3CC[C@H](NC(=O)OC(C)(C)C)C3)oc2c1. The molecule has 1 amide bonds. The molecule has 1 atom stereocenters. The fourth-order valence-corrected chi connectivity index (χ4v) is 4.24. The minimum atomic E-state index is -0.491. The third-order valence-corrected chi connectivity index (χ3v) is 5.94. The molecule has 1 N–H and O–H groups in total. The van der Waals surface area contributed by atoms with E-state index < -0.39 is 5.60 Å². The predicted molar refractivity (Wildman–Crippen MR) is 130 cm³/mol. The molecule has 0 aliphatic carbocycles. The molecule has 1 aliphatic heterocycles. The summed E-state index contributed by atoms with van der Waals surface area (Å²) in [5.74, 6) is 0. The maximum atomic E-state index is 12.0. The first-order valence-corrected chi connectivity index (χ1v) is 12.5. The van der Waals surface area contributed by atoms with Gasteiger partial charge in [0.2, 0.25) is 0 Å². The average Bonchev–Trinajstić information content (AvgIpc) is 3.34. The Morgan fingerprint density at radius 1 is 1.16 bits per heavy atom. The summed E-state index contributed by atoms with van der Waals surface area (Å²) < 4.78 is 11.4. The van der Waals surface area contributed by atoms with Crippen LogP contribution in [-0.2, 0) is 11.2 Å². The Labute approximate surface area is 193 Å². The van der Waals surface area contributed by atoms with Gasteiger partial charge in [-0.1, -0.05) is 57.9 Å². The molecule has 2 heterocycles. The van der Waals surface area contributed by atoms with Gasteiger partial charge in [0, 0.05) is 13.1 Å². The molecule has 6 nitrogen and oxygen atoms in total. The van der Waals surface area contributed by atoms with Gasteiger partial charge in [-0.2, -0.15) is 4.98 Å². The largest absolute Gasteiger partial charge is 0.444 e. The lowest BCUT2D eigenvalue weighted by Gasteiger charge is -2.21. The highest BCUT2D eigenvalue weighted by Gasteiger charge is 2.28. The molecule has 3 rings (SSSR count). The van der Waals surface area contributed by atoms with Gasteiger partial charge >= 0.3 is 6.09 Å². The molecule has 0 spiro atoms. The molecule has 0 saturated carbocycles. The Morgan fingerprint density at radius 2 is 1.88 bits per heavy atom. The number of ether oxygens (including phenoxy) is 1. The molecule has 0 bridgehead atoms. The number of oxazole rings is 1. The van der Waals surface area contributed by atoms with E-state index in [0.717, 1.165) is 30.5 Å². The van der Waals surface area contributed by atoms with Crippen LogP contribution in [0.25, 0.3) is 11.1 Å². The topological polar surface area (TPSA) is 67.6 Å². The Balaban J connectivity index is 1.45. The summed E-state index contributed by atoms with van der Waals surface area (Å²) in [4.78, 5) is 18.8. The molecule has 1 aromatic heterocycles. The summed E-state index contributed by atoms with van der Waals surface area (Å²) >= 11 is 0. The van der Waals surface area contributed by atoms with Crippen LogP contribution >= 0.6 is 0 Å². The summed E-state index contributed by atoms with van der Waals surface area (Å²) in [6, 6.07) is 7.05. The first kappa shape index (κ1) is 24.4. The number of benzene rings is 1. The van der Waals surface area contributed by atoms with Crippen molar-refractivity contribution in [2.24, 2.45) is 0 Å². The first-order chi connectivity index (χ1) is 15.3. The number of rotatable bonds is 11. The van der Waals surface area contributed by atoms with Crippen molar-refractivity contribution < 1.29 is 13.9 Å². The molecule has 178 valence electrons. The summed E-state index contributed by atoms with van der Waals surface area (Å²) in [5, 5.41) is 2.95. The smallest absolute Gasteiger partial charge is 0.407 e. The number of hydrogen-bond acceptors (Lipinski definition) is 5. The maximum absolute atomic E-state index is 12.0.